The van der Waals surface area contributed by atoms with Gasteiger partial charge in [0.25, 0.3) is 0 Å². The van der Waals surface area contributed by atoms with Crippen LogP contribution in [-0.4, -0.2) is 91.4 Å². The highest BCUT2D eigenvalue weighted by Crippen LogP contribution is 2.37. The van der Waals surface area contributed by atoms with E-state index in [1.54, 1.807) is 0 Å². The minimum absolute atomic E-state index is 0.500. The number of carbonyl (C=O) groups is 1. The predicted octanol–water partition coefficient (Wildman–Crippen LogP) is 9.94. The molecule has 0 radical (unpaired) electrons. The minimum atomic E-state index is -3.87. The van der Waals surface area contributed by atoms with Crippen LogP contribution in [0.3, 0.4) is 0 Å². The molecule has 0 aromatic carbocycles. The standard InChI is InChI=1S/C28H76O10Si10/c1-39(2,3)30-45(19,31-40(4,5)6)36-48(28-26-24-22-23-25-27-29,37-46(20,32-41(7,8)9)33-42(10,11)12)38-47(21,34-43(13,14)15)35-44(16,17)18/h27H,22-26,28H2,1-21H3. The molecular weight excluding hydrogens is 777 g/mol. The summed E-state index contributed by atoms with van der Waals surface area (Å²) in [6.07, 6.45) is 4.98. The van der Waals surface area contributed by atoms with Gasteiger partial charge in [-0.3, -0.25) is 0 Å². The summed E-state index contributed by atoms with van der Waals surface area (Å²) in [4.78, 5) is 11.0. The lowest BCUT2D eigenvalue weighted by molar-refractivity contribution is -0.107. The van der Waals surface area contributed by atoms with Crippen molar-refractivity contribution in [3.8, 4) is 0 Å². The van der Waals surface area contributed by atoms with Crippen LogP contribution in [0.1, 0.15) is 32.1 Å². The highest BCUT2D eigenvalue weighted by molar-refractivity contribution is 6.95. The van der Waals surface area contributed by atoms with Gasteiger partial charge in [0, 0.05) is 32.1 Å². The van der Waals surface area contributed by atoms with Gasteiger partial charge in [0.15, 0.2) is 49.9 Å². The van der Waals surface area contributed by atoms with Gasteiger partial charge in [0.2, 0.25) is 0 Å². The highest BCUT2D eigenvalue weighted by atomic mass is 28.6. The molecule has 0 aliphatic carbocycles. The van der Waals surface area contributed by atoms with Crippen molar-refractivity contribution in [2.45, 2.75) is 176 Å². The van der Waals surface area contributed by atoms with E-state index in [4.69, 9.17) is 37.0 Å². The Bertz CT molecular complexity index is 825. The third kappa shape index (κ3) is 24.7. The molecule has 0 aliphatic rings. The number of unbranched alkanes of at least 4 members (excludes halogenated alkanes) is 4. The average molecular weight is 854 g/mol. The van der Waals surface area contributed by atoms with Crippen LogP contribution in [0.15, 0.2) is 0 Å². The third-order valence-corrected chi connectivity index (χ3v) is 38.3. The molecular formula is C28H76O10Si10. The average Bonchev–Trinajstić information content (AvgIpc) is 2.66. The second-order valence-electron chi connectivity index (χ2n) is 19.0. The fraction of sp³-hybridized carbons (Fsp3) is 0.964. The fourth-order valence-electron chi connectivity index (χ4n) is 5.51. The van der Waals surface area contributed by atoms with Gasteiger partial charge in [-0.1, -0.05) is 12.8 Å². The number of rotatable bonds is 25. The van der Waals surface area contributed by atoms with Crippen LogP contribution in [0, 0.1) is 0 Å². The lowest BCUT2D eigenvalue weighted by Gasteiger charge is -2.49. The summed E-state index contributed by atoms with van der Waals surface area (Å²) < 4.78 is 64.1. The van der Waals surface area contributed by atoms with E-state index in [1.807, 2.05) is 19.6 Å². The largest absolute Gasteiger partial charge is 0.478 e. The molecule has 0 rings (SSSR count). The lowest BCUT2D eigenvalue weighted by Crippen LogP contribution is -2.71. The first kappa shape index (κ1) is 49.5. The zero-order valence-electron chi connectivity index (χ0n) is 34.9. The first-order valence-electron chi connectivity index (χ1n) is 17.7. The van der Waals surface area contributed by atoms with Crippen LogP contribution >= 0.6 is 0 Å². The normalized spacial score (nSPS) is 15.3. The Hall–Kier alpha value is 1.48. The smallest absolute Gasteiger partial charge is 0.417 e. The molecule has 0 aromatic rings. The Kier molecular flexibility index (Phi) is 18.8. The molecule has 0 aromatic heterocycles. The van der Waals surface area contributed by atoms with E-state index in [1.165, 1.54) is 0 Å². The quantitative estimate of drug-likeness (QED) is 0.0502. The summed E-state index contributed by atoms with van der Waals surface area (Å²) in [6, 6.07) is 0.500. The van der Waals surface area contributed by atoms with Gasteiger partial charge in [-0.15, -0.1) is 0 Å². The summed E-state index contributed by atoms with van der Waals surface area (Å²) in [5.74, 6) is 0. The SMILES string of the molecule is C[Si](C)(C)O[Si](C)(O[Si](C)(C)C)O[Si](CCCCCCC=O)(O[Si](C)(O[Si](C)(C)C)O[Si](C)(C)C)O[Si](C)(O[Si](C)(C)C)O[Si](C)(C)C. The van der Waals surface area contributed by atoms with Crippen molar-refractivity contribution < 1.29 is 41.8 Å². The third-order valence-electron chi connectivity index (χ3n) is 5.53. The summed E-state index contributed by atoms with van der Waals surface area (Å²) in [7, 11) is -27.2. The molecule has 288 valence electrons. The van der Waals surface area contributed by atoms with Crippen molar-refractivity contribution in [1.82, 2.24) is 0 Å². The number of hydrogen-bond acceptors (Lipinski definition) is 10. The van der Waals surface area contributed by atoms with Crippen molar-refractivity contribution in [3.05, 3.63) is 0 Å². The second kappa shape index (κ2) is 18.2. The van der Waals surface area contributed by atoms with Crippen LogP contribution in [0.4, 0.5) is 0 Å². The van der Waals surface area contributed by atoms with Gasteiger partial charge in [0.05, 0.1) is 0 Å². The fourth-order valence-corrected chi connectivity index (χ4v) is 47.4. The summed E-state index contributed by atoms with van der Waals surface area (Å²) in [6.45, 7) is 45.0. The van der Waals surface area contributed by atoms with E-state index >= 15 is 0 Å². The first-order valence-corrected chi connectivity index (χ1v) is 46.7. The molecule has 0 saturated carbocycles. The Morgan fingerprint density at radius 2 is 0.562 bits per heavy atom. The molecule has 0 spiro atoms. The van der Waals surface area contributed by atoms with Crippen LogP contribution < -0.4 is 0 Å². The van der Waals surface area contributed by atoms with E-state index in [2.05, 4.69) is 118 Å². The molecule has 0 heterocycles. The number of carbonyl (C=O) groups excluding carboxylic acids is 1. The monoisotopic (exact) mass is 852 g/mol. The molecule has 10 nitrogen and oxygen atoms in total. The van der Waals surface area contributed by atoms with Gasteiger partial charge < -0.3 is 41.8 Å². The van der Waals surface area contributed by atoms with Gasteiger partial charge >= 0.3 is 35.2 Å². The second-order valence-corrected chi connectivity index (χ2v) is 58.7. The highest BCUT2D eigenvalue weighted by Gasteiger charge is 2.63. The summed E-state index contributed by atoms with van der Waals surface area (Å²) in [5.41, 5.74) is 0. The zero-order chi connectivity index (χ0) is 38.3. The van der Waals surface area contributed by atoms with Gasteiger partial charge in [0.1, 0.15) is 6.29 Å². The molecule has 48 heavy (non-hydrogen) atoms. The summed E-state index contributed by atoms with van der Waals surface area (Å²) >= 11 is 0. The molecule has 0 aliphatic heterocycles. The van der Waals surface area contributed by atoms with Crippen molar-refractivity contribution in [1.29, 1.82) is 0 Å². The van der Waals surface area contributed by atoms with Crippen LogP contribution in [-0.2, 0) is 41.8 Å². The minimum Gasteiger partial charge on any atom is -0.417 e. The van der Waals surface area contributed by atoms with Gasteiger partial charge in [-0.25, -0.2) is 0 Å². The summed E-state index contributed by atoms with van der Waals surface area (Å²) in [5, 5.41) is 0. The topological polar surface area (TPSA) is 100 Å². The molecule has 20 heteroatoms. The number of hydrogen-bond donors (Lipinski definition) is 0. The van der Waals surface area contributed by atoms with Crippen molar-refractivity contribution in [2.24, 2.45) is 0 Å². The van der Waals surface area contributed by atoms with Crippen molar-refractivity contribution >= 4 is 91.4 Å². The van der Waals surface area contributed by atoms with E-state index in [0.717, 1.165) is 32.0 Å². The van der Waals surface area contributed by atoms with E-state index < -0.39 is 85.1 Å². The molecule has 0 amide bonds. The Morgan fingerprint density at radius 1 is 0.333 bits per heavy atom. The molecule has 0 atom stereocenters. The maximum atomic E-state index is 11.0. The van der Waals surface area contributed by atoms with Crippen LogP contribution in [0.5, 0.6) is 0 Å². The Balaban J connectivity index is 7.81. The zero-order valence-corrected chi connectivity index (χ0v) is 44.9. The molecule has 0 unspecified atom stereocenters. The maximum absolute atomic E-state index is 11.0. The van der Waals surface area contributed by atoms with E-state index in [-0.39, 0.29) is 0 Å². The molecule has 0 N–H and O–H groups in total. The lowest BCUT2D eigenvalue weighted by atomic mass is 10.2. The van der Waals surface area contributed by atoms with Gasteiger partial charge in [-0.2, -0.15) is 0 Å². The van der Waals surface area contributed by atoms with Crippen LogP contribution in [0.2, 0.25) is 144 Å². The maximum Gasteiger partial charge on any atom is 0.478 e. The van der Waals surface area contributed by atoms with E-state index in [9.17, 15) is 4.79 Å². The number of aldehydes is 1. The molecule has 0 fully saturated rings. The Labute approximate surface area is 307 Å². The van der Waals surface area contributed by atoms with Gasteiger partial charge in [-0.05, 0) is 131 Å². The molecule has 0 saturated heterocycles. The van der Waals surface area contributed by atoms with Crippen molar-refractivity contribution in [2.75, 3.05) is 0 Å². The van der Waals surface area contributed by atoms with Crippen LogP contribution in [0.25, 0.3) is 0 Å². The van der Waals surface area contributed by atoms with E-state index in [0.29, 0.717) is 12.5 Å². The molecule has 0 bridgehead atoms. The Morgan fingerprint density at radius 3 is 0.771 bits per heavy atom. The first-order chi connectivity index (χ1) is 20.9. The van der Waals surface area contributed by atoms with Crippen molar-refractivity contribution in [3.63, 3.8) is 0 Å². The predicted molar refractivity (Wildman–Crippen MR) is 224 cm³/mol.